The fourth-order valence-electron chi connectivity index (χ4n) is 8.58. The average Bonchev–Trinajstić information content (AvgIpc) is 3.40. The number of fused-ring (bicyclic) bond motifs is 4. The Balaban J connectivity index is 1.34. The molecule has 262 valence electrons. The summed E-state index contributed by atoms with van der Waals surface area (Å²) in [4.78, 5) is 16.1. The van der Waals surface area contributed by atoms with Crippen molar-refractivity contribution in [3.05, 3.63) is 82.0 Å². The number of aromatic nitrogens is 2. The van der Waals surface area contributed by atoms with Crippen LogP contribution >= 0.6 is 11.6 Å². The summed E-state index contributed by atoms with van der Waals surface area (Å²) >= 11 is 6.48. The highest BCUT2D eigenvalue weighted by atomic mass is 35.5. The predicted molar refractivity (Wildman–Crippen MR) is 194 cm³/mol. The quantitative estimate of drug-likeness (QED) is 0.243. The number of carbonyl (C=O) groups excluding carboxylic acids is 1. The number of benzene rings is 2. The number of nitrogens with zero attached hydrogens (tertiary/aromatic N) is 3. The second-order valence-corrected chi connectivity index (χ2v) is 17.6. The lowest BCUT2D eigenvalue weighted by Crippen LogP contribution is -2.54. The van der Waals surface area contributed by atoms with Crippen LogP contribution in [0.25, 0.3) is 0 Å². The molecule has 1 fully saturated rings. The van der Waals surface area contributed by atoms with Crippen molar-refractivity contribution < 1.29 is 22.9 Å². The molecule has 7 rings (SSSR count). The number of allylic oxidation sites excluding steroid dienone is 1. The van der Waals surface area contributed by atoms with Crippen molar-refractivity contribution in [2.45, 2.75) is 82.0 Å². The third kappa shape index (κ3) is 6.40. The summed E-state index contributed by atoms with van der Waals surface area (Å²) in [6.07, 6.45) is 10.4. The first-order valence-electron chi connectivity index (χ1n) is 17.4. The lowest BCUT2D eigenvalue weighted by molar-refractivity contribution is -0.0777. The van der Waals surface area contributed by atoms with E-state index < -0.39 is 21.2 Å². The van der Waals surface area contributed by atoms with Crippen molar-refractivity contribution >= 4 is 38.8 Å². The number of methoxy groups -OCH3 is 1. The Labute approximate surface area is 294 Å². The van der Waals surface area contributed by atoms with Gasteiger partial charge in [0.15, 0.2) is 0 Å². The Hall–Kier alpha value is -3.34. The molecule has 2 aliphatic heterocycles. The van der Waals surface area contributed by atoms with Gasteiger partial charge in [0.05, 0.1) is 34.0 Å². The minimum absolute atomic E-state index is 0.0211. The number of aryl methyl sites for hydroxylation is 2. The summed E-state index contributed by atoms with van der Waals surface area (Å²) in [6.45, 7) is 7.73. The van der Waals surface area contributed by atoms with Crippen LogP contribution in [0.5, 0.6) is 5.75 Å². The van der Waals surface area contributed by atoms with E-state index in [0.29, 0.717) is 36.8 Å². The molecular weight excluding hydrogens is 660 g/mol. The van der Waals surface area contributed by atoms with Crippen LogP contribution in [0.2, 0.25) is 5.02 Å². The summed E-state index contributed by atoms with van der Waals surface area (Å²) in [6, 6.07) is 11.8. The van der Waals surface area contributed by atoms with Crippen molar-refractivity contribution in [3.63, 3.8) is 0 Å². The van der Waals surface area contributed by atoms with Crippen LogP contribution in [0, 0.1) is 24.7 Å². The number of hydrogen-bond acceptors (Lipinski definition) is 8. The summed E-state index contributed by atoms with van der Waals surface area (Å²) in [5, 5.41) is 8.84. The van der Waals surface area contributed by atoms with Crippen LogP contribution in [0.4, 0.5) is 5.69 Å². The van der Waals surface area contributed by atoms with Crippen molar-refractivity contribution in [3.8, 4) is 5.75 Å². The average molecular weight is 707 g/mol. The number of rotatable bonds is 3. The Kier molecular flexibility index (Phi) is 9.11. The number of halogens is 1. The van der Waals surface area contributed by atoms with Crippen LogP contribution < -0.4 is 14.4 Å². The van der Waals surface area contributed by atoms with Gasteiger partial charge < -0.3 is 18.8 Å². The first-order valence-corrected chi connectivity index (χ1v) is 19.6. The summed E-state index contributed by atoms with van der Waals surface area (Å²) < 4.78 is 35.8. The lowest BCUT2D eigenvalue weighted by atomic mass is 9.63. The van der Waals surface area contributed by atoms with E-state index in [1.165, 1.54) is 11.1 Å². The van der Waals surface area contributed by atoms with E-state index in [4.69, 9.17) is 25.5 Å². The highest BCUT2D eigenvalue weighted by Gasteiger charge is 2.50. The highest BCUT2D eigenvalue weighted by Crippen LogP contribution is 2.49. The Bertz CT molecular complexity index is 1880. The molecule has 2 aromatic carbocycles. The molecule has 9 nitrogen and oxygen atoms in total. The standard InChI is InChI=1S/C38H47ClN4O5S/c1-24-8-6-17-38(46-4,20-35-41-40-26(3)48-35)32-13-10-29(32)21-43-22-37(16-7-9-27-18-30(39)12-14-31(27)37)23-47-34-15-11-28(19-33(34)43)36(44)42-49(5,45)25(24)2/h6,11-12,14-15,17-19,24-25,29,32H,5,7-10,13,16,20-23H2,1-4H3,(H,42,44,45)/b17-6+/t24-,25+,29-,32+,37-,38+,49?/m0/s1. The van der Waals surface area contributed by atoms with Crippen molar-refractivity contribution in [1.29, 1.82) is 0 Å². The summed E-state index contributed by atoms with van der Waals surface area (Å²) in [5.74, 6) is 5.87. The topological polar surface area (TPSA) is 107 Å². The normalized spacial score (nSPS) is 33.7. The Morgan fingerprint density at radius 2 is 2.02 bits per heavy atom. The van der Waals surface area contributed by atoms with Crippen LogP contribution in [0.1, 0.15) is 79.2 Å². The maximum absolute atomic E-state index is 13.9. The molecule has 0 radical (unpaired) electrons. The molecule has 1 aromatic heterocycles. The predicted octanol–water partition coefficient (Wildman–Crippen LogP) is 6.50. The van der Waals surface area contributed by atoms with E-state index in [-0.39, 0.29) is 28.4 Å². The van der Waals surface area contributed by atoms with Gasteiger partial charge in [-0.15, -0.1) is 10.2 Å². The molecule has 11 heteroatoms. The second-order valence-electron chi connectivity index (χ2n) is 14.8. The molecule has 1 saturated carbocycles. The summed E-state index contributed by atoms with van der Waals surface area (Å²) in [5.41, 5.74) is 2.92. The fourth-order valence-corrected chi connectivity index (χ4v) is 10.3. The van der Waals surface area contributed by atoms with Gasteiger partial charge in [-0.05, 0) is 111 Å². The number of ether oxygens (including phenoxy) is 2. The van der Waals surface area contributed by atoms with Gasteiger partial charge >= 0.3 is 0 Å². The minimum Gasteiger partial charge on any atom is -0.490 e. The van der Waals surface area contributed by atoms with Gasteiger partial charge in [-0.2, -0.15) is 0 Å². The molecule has 49 heavy (non-hydrogen) atoms. The van der Waals surface area contributed by atoms with Crippen molar-refractivity contribution in [2.75, 3.05) is 31.7 Å². The third-order valence-corrected chi connectivity index (χ3v) is 14.2. The highest BCUT2D eigenvalue weighted by molar-refractivity contribution is 7.99. The maximum Gasteiger partial charge on any atom is 0.262 e. The zero-order chi connectivity index (χ0) is 34.6. The van der Waals surface area contributed by atoms with Gasteiger partial charge in [-0.25, -0.2) is 4.21 Å². The van der Waals surface area contributed by atoms with Gasteiger partial charge in [0.25, 0.3) is 5.91 Å². The molecular formula is C38H47ClN4O5S. The van der Waals surface area contributed by atoms with Gasteiger partial charge in [0, 0.05) is 48.4 Å². The van der Waals surface area contributed by atoms with Gasteiger partial charge in [-0.3, -0.25) is 9.52 Å². The van der Waals surface area contributed by atoms with E-state index in [1.54, 1.807) is 20.1 Å². The molecule has 1 unspecified atom stereocenters. The first-order chi connectivity index (χ1) is 23.4. The number of hydrogen-bond donors (Lipinski definition) is 1. The van der Waals surface area contributed by atoms with E-state index in [1.807, 2.05) is 32.0 Å². The molecule has 1 spiro atoms. The zero-order valence-electron chi connectivity index (χ0n) is 28.9. The molecule has 2 bridgehead atoms. The molecule has 1 amide bonds. The van der Waals surface area contributed by atoms with Gasteiger partial charge in [0.1, 0.15) is 5.75 Å². The first kappa shape index (κ1) is 34.1. The van der Waals surface area contributed by atoms with Crippen LogP contribution in [-0.4, -0.2) is 63.8 Å². The van der Waals surface area contributed by atoms with E-state index in [2.05, 4.69) is 50.0 Å². The van der Waals surface area contributed by atoms with Crippen LogP contribution in [-0.2, 0) is 32.7 Å². The molecule has 3 aromatic rings. The van der Waals surface area contributed by atoms with Crippen LogP contribution in [0.3, 0.4) is 0 Å². The SMILES string of the molecule is C=S1(=O)NC(=O)c2ccc3c(c2)N(C[C@@H]2CC[C@H]2[C@@](Cc2nnc(C)o2)(OC)/C=C/C[C@H](C)[C@H]1C)C[C@@]1(CCCc2cc(Cl)ccc21)CO3. The van der Waals surface area contributed by atoms with Gasteiger partial charge in [0.2, 0.25) is 11.8 Å². The number of nitrogens with one attached hydrogen (secondary N) is 1. The molecule has 7 atom stereocenters. The Morgan fingerprint density at radius 3 is 2.76 bits per heavy atom. The number of carbonyl (C=O) groups is 1. The van der Waals surface area contributed by atoms with Crippen molar-refractivity contribution in [2.24, 2.45) is 17.8 Å². The third-order valence-electron chi connectivity index (χ3n) is 11.8. The smallest absolute Gasteiger partial charge is 0.262 e. The molecule has 1 N–H and O–H groups in total. The largest absolute Gasteiger partial charge is 0.490 e. The minimum atomic E-state index is -2.98. The molecule has 0 saturated heterocycles. The molecule has 3 heterocycles. The van der Waals surface area contributed by atoms with E-state index in [0.717, 1.165) is 61.7 Å². The number of amides is 1. The monoisotopic (exact) mass is 706 g/mol. The molecule has 2 aliphatic carbocycles. The molecule has 4 aliphatic rings. The zero-order valence-corrected chi connectivity index (χ0v) is 30.4. The van der Waals surface area contributed by atoms with Crippen LogP contribution in [0.15, 0.2) is 53.0 Å². The number of anilines is 1. The maximum atomic E-state index is 13.9. The van der Waals surface area contributed by atoms with Gasteiger partial charge in [-0.1, -0.05) is 36.7 Å². The lowest BCUT2D eigenvalue weighted by Gasteiger charge is -2.50. The second kappa shape index (κ2) is 13.1. The summed E-state index contributed by atoms with van der Waals surface area (Å²) in [7, 11) is -1.21. The fraction of sp³-hybridized carbons (Fsp3) is 0.526. The van der Waals surface area contributed by atoms with Crippen molar-refractivity contribution in [1.82, 2.24) is 14.9 Å². The van der Waals surface area contributed by atoms with E-state index >= 15 is 0 Å². The Morgan fingerprint density at radius 1 is 1.18 bits per heavy atom. The van der Waals surface area contributed by atoms with E-state index in [9.17, 15) is 9.00 Å².